The molecule has 19 heavy (non-hydrogen) atoms. The molecule has 3 N–H and O–H groups in total. The molecule has 6 nitrogen and oxygen atoms in total. The van der Waals surface area contributed by atoms with E-state index in [4.69, 9.17) is 10.8 Å². The maximum absolute atomic E-state index is 11.3. The Morgan fingerprint density at radius 1 is 1.53 bits per heavy atom. The van der Waals surface area contributed by atoms with Crippen LogP contribution >= 0.6 is 0 Å². The number of aryl methyl sites for hydroxylation is 1. The lowest BCUT2D eigenvalue weighted by Crippen LogP contribution is -2.32. The predicted molar refractivity (Wildman–Crippen MR) is 70.1 cm³/mol. The van der Waals surface area contributed by atoms with Crippen LogP contribution in [0.3, 0.4) is 0 Å². The van der Waals surface area contributed by atoms with Crippen LogP contribution in [0.5, 0.6) is 0 Å². The van der Waals surface area contributed by atoms with E-state index in [2.05, 4.69) is 4.98 Å². The normalized spacial score (nSPS) is 18.6. The van der Waals surface area contributed by atoms with Crippen LogP contribution < -0.4 is 10.6 Å². The molecule has 1 aromatic rings. The van der Waals surface area contributed by atoms with Crippen molar-refractivity contribution in [2.45, 2.75) is 32.2 Å². The molecular weight excluding hydrogens is 246 g/mol. The number of carboxylic acid groups (broad SMARTS) is 1. The van der Waals surface area contributed by atoms with E-state index in [0.717, 1.165) is 19.4 Å². The summed E-state index contributed by atoms with van der Waals surface area (Å²) in [5.41, 5.74) is 6.39. The van der Waals surface area contributed by atoms with Gasteiger partial charge in [0.15, 0.2) is 0 Å². The molecule has 1 unspecified atom stereocenters. The van der Waals surface area contributed by atoms with Crippen LogP contribution in [0.1, 0.15) is 35.3 Å². The summed E-state index contributed by atoms with van der Waals surface area (Å²) in [4.78, 5) is 28.4. The van der Waals surface area contributed by atoms with Gasteiger partial charge >= 0.3 is 5.97 Å². The lowest BCUT2D eigenvalue weighted by atomic mass is 10.1. The summed E-state index contributed by atoms with van der Waals surface area (Å²) in [7, 11) is 0. The van der Waals surface area contributed by atoms with Crippen molar-refractivity contribution in [3.63, 3.8) is 0 Å². The molecule has 1 atom stereocenters. The van der Waals surface area contributed by atoms with E-state index in [1.54, 1.807) is 19.1 Å². The molecule has 1 aromatic heterocycles. The maximum atomic E-state index is 11.3. The van der Waals surface area contributed by atoms with E-state index >= 15 is 0 Å². The second-order valence-electron chi connectivity index (χ2n) is 4.81. The number of nitrogens with two attached hydrogens (primary N) is 1. The highest BCUT2D eigenvalue weighted by molar-refractivity contribution is 5.93. The molecule has 0 aromatic carbocycles. The average Bonchev–Trinajstić information content (AvgIpc) is 2.75. The van der Waals surface area contributed by atoms with Crippen LogP contribution in [-0.2, 0) is 4.79 Å². The summed E-state index contributed by atoms with van der Waals surface area (Å²) in [6.07, 6.45) is 1.84. The highest BCUT2D eigenvalue weighted by atomic mass is 16.4. The van der Waals surface area contributed by atoms with Gasteiger partial charge in [0, 0.05) is 23.8 Å². The van der Waals surface area contributed by atoms with Crippen molar-refractivity contribution in [1.29, 1.82) is 0 Å². The SMILES string of the molecule is Cc1cc(C(N)=O)cc(N2CCCC2CC(=O)O)n1. The van der Waals surface area contributed by atoms with Crippen molar-refractivity contribution in [2.24, 2.45) is 5.73 Å². The fraction of sp³-hybridized carbons (Fsp3) is 0.462. The quantitative estimate of drug-likeness (QED) is 0.842. The first-order chi connectivity index (χ1) is 8.97. The van der Waals surface area contributed by atoms with Crippen LogP contribution in [0.2, 0.25) is 0 Å². The lowest BCUT2D eigenvalue weighted by molar-refractivity contribution is -0.137. The number of hydrogen-bond donors (Lipinski definition) is 2. The molecule has 102 valence electrons. The second-order valence-corrected chi connectivity index (χ2v) is 4.81. The number of anilines is 1. The van der Waals surface area contributed by atoms with Crippen molar-refractivity contribution in [2.75, 3.05) is 11.4 Å². The standard InChI is InChI=1S/C13H17N3O3/c1-8-5-9(13(14)19)6-11(15-8)16-4-2-3-10(16)7-12(17)18/h5-6,10H,2-4,7H2,1H3,(H2,14,19)(H,17,18). The Balaban J connectivity index is 2.29. The Labute approximate surface area is 111 Å². The van der Waals surface area contributed by atoms with Gasteiger partial charge in [0.25, 0.3) is 0 Å². The first-order valence-corrected chi connectivity index (χ1v) is 6.24. The molecule has 0 saturated carbocycles. The predicted octanol–water partition coefficient (Wildman–Crippen LogP) is 0.932. The molecule has 1 amide bonds. The molecule has 0 aliphatic carbocycles. The van der Waals surface area contributed by atoms with Crippen molar-refractivity contribution < 1.29 is 14.7 Å². The number of amides is 1. The minimum absolute atomic E-state index is 0.0625. The minimum atomic E-state index is -0.820. The number of carbonyl (C=O) groups excluding carboxylic acids is 1. The van der Waals surface area contributed by atoms with E-state index in [0.29, 0.717) is 17.1 Å². The van der Waals surface area contributed by atoms with E-state index in [1.165, 1.54) is 0 Å². The van der Waals surface area contributed by atoms with Gasteiger partial charge in [0.2, 0.25) is 5.91 Å². The van der Waals surface area contributed by atoms with Crippen LogP contribution in [-0.4, -0.2) is 34.6 Å². The summed E-state index contributed by atoms with van der Waals surface area (Å²) >= 11 is 0. The van der Waals surface area contributed by atoms with Crippen LogP contribution in [0, 0.1) is 6.92 Å². The van der Waals surface area contributed by atoms with Crippen molar-refractivity contribution >= 4 is 17.7 Å². The number of carbonyl (C=O) groups is 2. The monoisotopic (exact) mass is 263 g/mol. The molecule has 0 spiro atoms. The molecule has 6 heteroatoms. The Bertz CT molecular complexity index is 516. The summed E-state index contributed by atoms with van der Waals surface area (Å²) < 4.78 is 0. The van der Waals surface area contributed by atoms with E-state index in [-0.39, 0.29) is 12.5 Å². The molecule has 1 aliphatic rings. The van der Waals surface area contributed by atoms with Gasteiger partial charge in [0.1, 0.15) is 5.82 Å². The van der Waals surface area contributed by atoms with Gasteiger partial charge in [-0.25, -0.2) is 4.98 Å². The van der Waals surface area contributed by atoms with Crippen LogP contribution in [0.4, 0.5) is 5.82 Å². The Morgan fingerprint density at radius 2 is 2.26 bits per heavy atom. The molecule has 1 saturated heterocycles. The number of aromatic nitrogens is 1. The zero-order valence-corrected chi connectivity index (χ0v) is 10.8. The zero-order valence-electron chi connectivity index (χ0n) is 10.8. The maximum Gasteiger partial charge on any atom is 0.305 e. The third-order valence-corrected chi connectivity index (χ3v) is 3.31. The molecule has 0 bridgehead atoms. The van der Waals surface area contributed by atoms with Gasteiger partial charge in [-0.2, -0.15) is 0 Å². The summed E-state index contributed by atoms with van der Waals surface area (Å²) in [5.74, 6) is -0.682. The topological polar surface area (TPSA) is 96.5 Å². The first-order valence-electron chi connectivity index (χ1n) is 6.24. The minimum Gasteiger partial charge on any atom is -0.481 e. The van der Waals surface area contributed by atoms with E-state index in [1.807, 2.05) is 4.90 Å². The zero-order chi connectivity index (χ0) is 14.0. The van der Waals surface area contributed by atoms with Gasteiger partial charge in [-0.1, -0.05) is 0 Å². The number of primary amides is 1. The highest BCUT2D eigenvalue weighted by Gasteiger charge is 2.28. The van der Waals surface area contributed by atoms with Crippen molar-refractivity contribution in [3.05, 3.63) is 23.4 Å². The summed E-state index contributed by atoms with van der Waals surface area (Å²) in [6.45, 7) is 2.55. The highest BCUT2D eigenvalue weighted by Crippen LogP contribution is 2.26. The number of pyridine rings is 1. The molecule has 2 rings (SSSR count). The molecule has 1 aliphatic heterocycles. The van der Waals surface area contributed by atoms with Gasteiger partial charge in [-0.15, -0.1) is 0 Å². The third-order valence-electron chi connectivity index (χ3n) is 3.31. The fourth-order valence-corrected chi connectivity index (χ4v) is 2.49. The summed E-state index contributed by atoms with van der Waals surface area (Å²) in [6, 6.07) is 3.20. The largest absolute Gasteiger partial charge is 0.481 e. The molecule has 0 radical (unpaired) electrons. The summed E-state index contributed by atoms with van der Waals surface area (Å²) in [5, 5.41) is 8.91. The third kappa shape index (κ3) is 3.01. The van der Waals surface area contributed by atoms with E-state index in [9.17, 15) is 9.59 Å². The van der Waals surface area contributed by atoms with E-state index < -0.39 is 11.9 Å². The molecular formula is C13H17N3O3. The fourth-order valence-electron chi connectivity index (χ4n) is 2.49. The second kappa shape index (κ2) is 5.26. The number of nitrogens with zero attached hydrogens (tertiary/aromatic N) is 2. The first kappa shape index (κ1) is 13.3. The number of hydrogen-bond acceptors (Lipinski definition) is 4. The van der Waals surface area contributed by atoms with Crippen molar-refractivity contribution in [3.8, 4) is 0 Å². The number of aliphatic carboxylic acids is 1. The van der Waals surface area contributed by atoms with Gasteiger partial charge in [-0.3, -0.25) is 9.59 Å². The Hall–Kier alpha value is -2.11. The lowest BCUT2D eigenvalue weighted by Gasteiger charge is -2.25. The smallest absolute Gasteiger partial charge is 0.305 e. The van der Waals surface area contributed by atoms with Crippen LogP contribution in [0.15, 0.2) is 12.1 Å². The molecule has 2 heterocycles. The van der Waals surface area contributed by atoms with Gasteiger partial charge in [-0.05, 0) is 31.9 Å². The Kier molecular flexibility index (Phi) is 3.69. The Morgan fingerprint density at radius 3 is 2.89 bits per heavy atom. The van der Waals surface area contributed by atoms with Crippen molar-refractivity contribution in [1.82, 2.24) is 4.98 Å². The van der Waals surface area contributed by atoms with Gasteiger partial charge < -0.3 is 15.7 Å². The van der Waals surface area contributed by atoms with Gasteiger partial charge in [0.05, 0.1) is 6.42 Å². The molecule has 1 fully saturated rings. The number of rotatable bonds is 4. The van der Waals surface area contributed by atoms with Crippen LogP contribution in [0.25, 0.3) is 0 Å². The average molecular weight is 263 g/mol. The number of carboxylic acids is 1.